The van der Waals surface area contributed by atoms with Gasteiger partial charge in [0.2, 0.25) is 5.91 Å². The number of nitrogens with one attached hydrogen (secondary N) is 1. The Balaban J connectivity index is 1.52. The van der Waals surface area contributed by atoms with Crippen molar-refractivity contribution < 1.29 is 14.7 Å². The van der Waals surface area contributed by atoms with Gasteiger partial charge >= 0.3 is 0 Å². The Labute approximate surface area is 196 Å². The van der Waals surface area contributed by atoms with Crippen molar-refractivity contribution in [2.24, 2.45) is 5.92 Å². The Bertz CT molecular complexity index is 968. The van der Waals surface area contributed by atoms with E-state index in [2.05, 4.69) is 34.5 Å². The highest BCUT2D eigenvalue weighted by atomic mass is 16.3. The van der Waals surface area contributed by atoms with Gasteiger partial charge in [-0.3, -0.25) is 14.5 Å². The summed E-state index contributed by atoms with van der Waals surface area (Å²) in [7, 11) is 0. The highest BCUT2D eigenvalue weighted by Gasteiger charge is 2.46. The number of aliphatic hydroxyl groups is 1. The third kappa shape index (κ3) is 5.12. The molecule has 2 N–H and O–H groups in total. The summed E-state index contributed by atoms with van der Waals surface area (Å²) in [6, 6.07) is 17.9. The molecule has 0 aliphatic carbocycles. The largest absolute Gasteiger partial charge is 0.394 e. The second-order valence-corrected chi connectivity index (χ2v) is 9.81. The summed E-state index contributed by atoms with van der Waals surface area (Å²) in [4.78, 5) is 30.9. The lowest BCUT2D eigenvalue weighted by Crippen LogP contribution is -2.58. The maximum Gasteiger partial charge on any atom is 0.254 e. The summed E-state index contributed by atoms with van der Waals surface area (Å²) in [5, 5.41) is 12.7. The van der Waals surface area contributed by atoms with E-state index >= 15 is 0 Å². The first-order chi connectivity index (χ1) is 15.9. The number of amides is 2. The molecular weight excluding hydrogens is 414 g/mol. The third-order valence-electron chi connectivity index (χ3n) is 7.27. The molecule has 0 aromatic heterocycles. The van der Waals surface area contributed by atoms with Crippen molar-refractivity contribution in [1.82, 2.24) is 15.1 Å². The highest BCUT2D eigenvalue weighted by molar-refractivity contribution is 5.99. The molecule has 6 nitrogen and oxygen atoms in total. The number of likely N-dealkylation sites (tertiary alicyclic amines) is 1. The Hall–Kier alpha value is -2.70. The van der Waals surface area contributed by atoms with Gasteiger partial charge in [-0.15, -0.1) is 0 Å². The minimum atomic E-state index is -0.523. The second-order valence-electron chi connectivity index (χ2n) is 9.81. The predicted octanol–water partition coefficient (Wildman–Crippen LogP) is 3.20. The number of rotatable bonds is 8. The summed E-state index contributed by atoms with van der Waals surface area (Å²) in [5.41, 5.74) is 2.53. The van der Waals surface area contributed by atoms with Crippen molar-refractivity contribution in [3.63, 3.8) is 0 Å². The van der Waals surface area contributed by atoms with Crippen molar-refractivity contribution in [1.29, 1.82) is 0 Å². The van der Waals surface area contributed by atoms with E-state index in [4.69, 9.17) is 0 Å². The van der Waals surface area contributed by atoms with E-state index in [1.165, 1.54) is 5.56 Å². The molecule has 1 fully saturated rings. The zero-order valence-electron chi connectivity index (χ0n) is 19.7. The van der Waals surface area contributed by atoms with E-state index in [0.29, 0.717) is 6.54 Å². The molecule has 0 radical (unpaired) electrons. The van der Waals surface area contributed by atoms with Crippen LogP contribution in [0.1, 0.15) is 54.6 Å². The Kier molecular flexibility index (Phi) is 7.15. The first kappa shape index (κ1) is 23.5. The van der Waals surface area contributed by atoms with Crippen LogP contribution >= 0.6 is 0 Å². The number of carbonyl (C=O) groups excluding carboxylic acids is 2. The number of nitrogens with zero attached hydrogens (tertiary/aromatic N) is 2. The average Bonchev–Trinajstić information content (AvgIpc) is 3.17. The number of hydrogen-bond donors (Lipinski definition) is 2. The molecule has 1 saturated heterocycles. The molecule has 0 bridgehead atoms. The molecule has 176 valence electrons. The SMILES string of the molecule is CC(C)[C@@H](CO)NC(=O)CC1(N2Cc3ccccc3C2=O)CCN(Cc2ccccc2)CC1. The molecule has 2 aromatic rings. The molecule has 0 unspecified atom stereocenters. The molecular formula is C27H35N3O3. The molecule has 2 heterocycles. The van der Waals surface area contributed by atoms with Crippen LogP contribution in [0.4, 0.5) is 0 Å². The van der Waals surface area contributed by atoms with E-state index < -0.39 is 5.54 Å². The van der Waals surface area contributed by atoms with Crippen molar-refractivity contribution in [2.75, 3.05) is 19.7 Å². The highest BCUT2D eigenvalue weighted by Crippen LogP contribution is 2.39. The summed E-state index contributed by atoms with van der Waals surface area (Å²) in [6.07, 6.45) is 1.76. The molecule has 1 atom stereocenters. The van der Waals surface area contributed by atoms with Gasteiger partial charge in [0.15, 0.2) is 0 Å². The minimum Gasteiger partial charge on any atom is -0.394 e. The van der Waals surface area contributed by atoms with Gasteiger partial charge in [0, 0.05) is 31.7 Å². The second kappa shape index (κ2) is 10.1. The lowest BCUT2D eigenvalue weighted by Gasteiger charge is -2.47. The molecule has 33 heavy (non-hydrogen) atoms. The topological polar surface area (TPSA) is 72.9 Å². The smallest absolute Gasteiger partial charge is 0.254 e. The number of piperidine rings is 1. The van der Waals surface area contributed by atoms with Crippen LogP contribution in [0.5, 0.6) is 0 Å². The molecule has 2 amide bonds. The Morgan fingerprint density at radius 2 is 1.73 bits per heavy atom. The van der Waals surface area contributed by atoms with Crippen molar-refractivity contribution >= 4 is 11.8 Å². The summed E-state index contributed by atoms with van der Waals surface area (Å²) < 4.78 is 0. The zero-order chi connectivity index (χ0) is 23.4. The van der Waals surface area contributed by atoms with Crippen molar-refractivity contribution in [3.8, 4) is 0 Å². The first-order valence-electron chi connectivity index (χ1n) is 12.0. The van der Waals surface area contributed by atoms with Crippen LogP contribution in [0.2, 0.25) is 0 Å². The fourth-order valence-corrected chi connectivity index (χ4v) is 5.13. The number of aliphatic hydroxyl groups excluding tert-OH is 1. The lowest BCUT2D eigenvalue weighted by atomic mass is 9.81. The lowest BCUT2D eigenvalue weighted by molar-refractivity contribution is -0.126. The van der Waals surface area contributed by atoms with Gasteiger partial charge in [0.05, 0.1) is 24.6 Å². The van der Waals surface area contributed by atoms with Gasteiger partial charge in [0.25, 0.3) is 5.91 Å². The number of benzene rings is 2. The number of hydrogen-bond acceptors (Lipinski definition) is 4. The van der Waals surface area contributed by atoms with E-state index in [1.54, 1.807) is 0 Å². The standard InChI is InChI=1S/C27H35N3O3/c1-20(2)24(19-31)28-25(32)16-27(30-18-22-10-6-7-11-23(22)26(30)33)12-14-29(15-13-27)17-21-8-4-3-5-9-21/h3-11,20,24,31H,12-19H2,1-2H3,(H,28,32)/t24-/m1/s1. The molecule has 2 aliphatic heterocycles. The van der Waals surface area contributed by atoms with Gasteiger partial charge in [-0.25, -0.2) is 0 Å². The first-order valence-corrected chi connectivity index (χ1v) is 12.0. The molecule has 2 aromatic carbocycles. The normalized spacial score (nSPS) is 18.9. The van der Waals surface area contributed by atoms with Gasteiger partial charge in [0.1, 0.15) is 0 Å². The molecule has 4 rings (SSSR count). The van der Waals surface area contributed by atoms with Crippen LogP contribution in [-0.2, 0) is 17.9 Å². The van der Waals surface area contributed by atoms with Crippen molar-refractivity contribution in [2.45, 2.75) is 57.8 Å². The Morgan fingerprint density at radius 1 is 1.06 bits per heavy atom. The summed E-state index contributed by atoms with van der Waals surface area (Å²) in [5.74, 6) is 0.0702. The molecule has 0 spiro atoms. The number of fused-ring (bicyclic) bond motifs is 1. The maximum atomic E-state index is 13.4. The van der Waals surface area contributed by atoms with Gasteiger partial charge in [-0.2, -0.15) is 0 Å². The average molecular weight is 450 g/mol. The van der Waals surface area contributed by atoms with E-state index in [9.17, 15) is 14.7 Å². The molecule has 2 aliphatic rings. The van der Waals surface area contributed by atoms with Crippen LogP contribution in [0.25, 0.3) is 0 Å². The Morgan fingerprint density at radius 3 is 2.36 bits per heavy atom. The fraction of sp³-hybridized carbons (Fsp3) is 0.481. The maximum absolute atomic E-state index is 13.4. The van der Waals surface area contributed by atoms with E-state index in [1.807, 2.05) is 49.1 Å². The fourth-order valence-electron chi connectivity index (χ4n) is 5.13. The molecule has 0 saturated carbocycles. The van der Waals surface area contributed by atoms with Crippen LogP contribution in [-0.4, -0.2) is 58.0 Å². The third-order valence-corrected chi connectivity index (χ3v) is 7.27. The van der Waals surface area contributed by atoms with Crippen LogP contribution in [0.15, 0.2) is 54.6 Å². The number of carbonyl (C=O) groups is 2. The van der Waals surface area contributed by atoms with Gasteiger partial charge < -0.3 is 15.3 Å². The van der Waals surface area contributed by atoms with Crippen molar-refractivity contribution in [3.05, 3.63) is 71.3 Å². The van der Waals surface area contributed by atoms with E-state index in [-0.39, 0.29) is 36.8 Å². The van der Waals surface area contributed by atoms with Crippen LogP contribution in [0, 0.1) is 5.92 Å². The monoisotopic (exact) mass is 449 g/mol. The minimum absolute atomic E-state index is 0.0254. The zero-order valence-corrected chi connectivity index (χ0v) is 19.7. The van der Waals surface area contributed by atoms with Crippen LogP contribution in [0.3, 0.4) is 0 Å². The quantitative estimate of drug-likeness (QED) is 0.649. The van der Waals surface area contributed by atoms with Gasteiger partial charge in [-0.05, 0) is 36.0 Å². The summed E-state index contributed by atoms with van der Waals surface area (Å²) in [6.45, 7) is 6.96. The van der Waals surface area contributed by atoms with Crippen LogP contribution < -0.4 is 5.32 Å². The van der Waals surface area contributed by atoms with Gasteiger partial charge in [-0.1, -0.05) is 62.4 Å². The van der Waals surface area contributed by atoms with E-state index in [0.717, 1.165) is 43.6 Å². The predicted molar refractivity (Wildman–Crippen MR) is 128 cm³/mol. The molecule has 6 heteroatoms. The summed E-state index contributed by atoms with van der Waals surface area (Å²) >= 11 is 0.